The van der Waals surface area contributed by atoms with Gasteiger partial charge in [-0.1, -0.05) is 19.1 Å². The number of amides is 2. The fraction of sp³-hybridized carbons (Fsp3) is 0.364. The smallest absolute Gasteiger partial charge is 0.241 e. The Kier molecular flexibility index (Phi) is 6.66. The van der Waals surface area contributed by atoms with Crippen LogP contribution in [0.3, 0.4) is 0 Å². The van der Waals surface area contributed by atoms with Gasteiger partial charge in [0.2, 0.25) is 21.8 Å². The maximum absolute atomic E-state index is 13.1. The summed E-state index contributed by atoms with van der Waals surface area (Å²) in [6.07, 6.45) is 0.703. The summed E-state index contributed by atoms with van der Waals surface area (Å²) in [4.78, 5) is 25.3. The van der Waals surface area contributed by atoms with Crippen molar-refractivity contribution in [2.45, 2.75) is 44.0 Å². The molecule has 1 heterocycles. The zero-order valence-corrected chi connectivity index (χ0v) is 18.8. The second-order valence-corrected chi connectivity index (χ2v) is 8.98. The first-order valence-corrected chi connectivity index (χ1v) is 11.4. The molecule has 1 fully saturated rings. The second kappa shape index (κ2) is 9.07. The minimum atomic E-state index is -3.95. The third kappa shape index (κ3) is 4.57. The van der Waals surface area contributed by atoms with Crippen molar-refractivity contribution in [3.05, 3.63) is 47.5 Å². The number of aryl methyl sites for hydroxylation is 1. The Labute approximate surface area is 182 Å². The van der Waals surface area contributed by atoms with Crippen molar-refractivity contribution in [3.8, 4) is 11.5 Å². The fourth-order valence-corrected chi connectivity index (χ4v) is 4.95. The number of nitrogens with one attached hydrogen (secondary N) is 1. The van der Waals surface area contributed by atoms with Gasteiger partial charge in [-0.15, -0.1) is 0 Å². The highest BCUT2D eigenvalue weighted by atomic mass is 32.2. The fourth-order valence-electron chi connectivity index (χ4n) is 3.62. The third-order valence-electron chi connectivity index (χ3n) is 5.28. The number of imide groups is 1. The van der Waals surface area contributed by atoms with Crippen LogP contribution in [0.5, 0.6) is 11.5 Å². The van der Waals surface area contributed by atoms with Crippen LogP contribution in [0.2, 0.25) is 0 Å². The zero-order chi connectivity index (χ0) is 22.8. The maximum atomic E-state index is 13.1. The van der Waals surface area contributed by atoms with Gasteiger partial charge in [0.15, 0.2) is 0 Å². The van der Waals surface area contributed by atoms with Crippen molar-refractivity contribution in [1.29, 1.82) is 0 Å². The van der Waals surface area contributed by atoms with Crippen LogP contribution in [0.1, 0.15) is 43.4 Å². The summed E-state index contributed by atoms with van der Waals surface area (Å²) in [5, 5.41) is 0. The number of benzene rings is 2. The minimum Gasteiger partial charge on any atom is -0.496 e. The molecule has 1 saturated heterocycles. The highest BCUT2D eigenvalue weighted by Gasteiger charge is 2.33. The molecule has 1 N–H and O–H groups in total. The van der Waals surface area contributed by atoms with E-state index in [4.69, 9.17) is 9.47 Å². The van der Waals surface area contributed by atoms with Crippen molar-refractivity contribution in [2.75, 3.05) is 19.1 Å². The Morgan fingerprint density at radius 1 is 1.00 bits per heavy atom. The first-order valence-electron chi connectivity index (χ1n) is 9.92. The molecule has 0 radical (unpaired) electrons. The molecule has 0 aliphatic carbocycles. The maximum Gasteiger partial charge on any atom is 0.241 e. The highest BCUT2D eigenvalue weighted by Crippen LogP contribution is 2.35. The summed E-state index contributed by atoms with van der Waals surface area (Å²) in [7, 11) is -0.966. The standard InChI is InChI=1S/C22H26N2O6S/c1-5-17(15-6-8-19(29-3)14(2)12-15)23-31(27,28)16-7-9-20(30-4)18(13-16)24-21(25)10-11-22(24)26/h6-9,12-13,17,23H,5,10-11H2,1-4H3/t17-/m0/s1. The number of carbonyl (C=O) groups is 2. The van der Waals surface area contributed by atoms with Crippen LogP contribution in [0.15, 0.2) is 41.3 Å². The normalized spacial score (nSPS) is 15.3. The van der Waals surface area contributed by atoms with E-state index in [0.29, 0.717) is 6.42 Å². The summed E-state index contributed by atoms with van der Waals surface area (Å²) in [5.74, 6) is 0.207. The SMILES string of the molecule is CC[C@H](NS(=O)(=O)c1ccc(OC)c(N2C(=O)CCC2=O)c1)c1ccc(OC)c(C)c1. The third-order valence-corrected chi connectivity index (χ3v) is 6.75. The van der Waals surface area contributed by atoms with Gasteiger partial charge in [0.05, 0.1) is 24.8 Å². The van der Waals surface area contributed by atoms with Crippen LogP contribution < -0.4 is 19.1 Å². The number of methoxy groups -OCH3 is 2. The molecule has 31 heavy (non-hydrogen) atoms. The van der Waals surface area contributed by atoms with Crippen LogP contribution in [-0.2, 0) is 19.6 Å². The number of anilines is 1. The van der Waals surface area contributed by atoms with Crippen molar-refractivity contribution in [3.63, 3.8) is 0 Å². The Balaban J connectivity index is 1.95. The van der Waals surface area contributed by atoms with Gasteiger partial charge in [-0.05, 0) is 48.7 Å². The molecular formula is C22H26N2O6S. The lowest BCUT2D eigenvalue weighted by Gasteiger charge is -2.21. The van der Waals surface area contributed by atoms with Crippen LogP contribution in [-0.4, -0.2) is 34.5 Å². The van der Waals surface area contributed by atoms with Crippen molar-refractivity contribution < 1.29 is 27.5 Å². The number of hydrogen-bond acceptors (Lipinski definition) is 6. The lowest BCUT2D eigenvalue weighted by atomic mass is 10.0. The molecule has 1 aliphatic rings. The van der Waals surface area contributed by atoms with Crippen molar-refractivity contribution >= 4 is 27.5 Å². The van der Waals surface area contributed by atoms with E-state index in [1.165, 1.54) is 25.3 Å². The van der Waals surface area contributed by atoms with Crippen molar-refractivity contribution in [1.82, 2.24) is 4.72 Å². The second-order valence-electron chi connectivity index (χ2n) is 7.27. The molecule has 2 aromatic carbocycles. The number of nitrogens with zero attached hydrogens (tertiary/aromatic N) is 1. The summed E-state index contributed by atoms with van der Waals surface area (Å²) in [6, 6.07) is 9.19. The van der Waals surface area contributed by atoms with Gasteiger partial charge in [0, 0.05) is 18.9 Å². The van der Waals surface area contributed by atoms with Crippen LogP contribution in [0.4, 0.5) is 5.69 Å². The monoisotopic (exact) mass is 446 g/mol. The van der Waals surface area contributed by atoms with Gasteiger partial charge in [-0.2, -0.15) is 0 Å². The van der Waals surface area contributed by atoms with E-state index in [0.717, 1.165) is 21.8 Å². The Hall–Kier alpha value is -2.91. The summed E-state index contributed by atoms with van der Waals surface area (Å²) in [6.45, 7) is 3.77. The average Bonchev–Trinajstić information content (AvgIpc) is 3.09. The lowest BCUT2D eigenvalue weighted by Crippen LogP contribution is -2.31. The van der Waals surface area contributed by atoms with Gasteiger partial charge >= 0.3 is 0 Å². The van der Waals surface area contributed by atoms with Crippen molar-refractivity contribution in [2.24, 2.45) is 0 Å². The lowest BCUT2D eigenvalue weighted by molar-refractivity contribution is -0.121. The Bertz CT molecular complexity index is 1100. The molecule has 0 bridgehead atoms. The van der Waals surface area contributed by atoms with Gasteiger partial charge in [0.1, 0.15) is 11.5 Å². The van der Waals surface area contributed by atoms with E-state index < -0.39 is 16.1 Å². The summed E-state index contributed by atoms with van der Waals surface area (Å²) >= 11 is 0. The largest absolute Gasteiger partial charge is 0.496 e. The Morgan fingerprint density at radius 2 is 1.61 bits per heavy atom. The first-order chi connectivity index (χ1) is 14.7. The molecule has 1 aliphatic heterocycles. The van der Waals surface area contributed by atoms with E-state index in [2.05, 4.69) is 4.72 Å². The van der Waals surface area contributed by atoms with Crippen LogP contribution in [0.25, 0.3) is 0 Å². The quantitative estimate of drug-likeness (QED) is 0.625. The van der Waals surface area contributed by atoms with E-state index >= 15 is 0 Å². The number of rotatable bonds is 8. The molecule has 8 nitrogen and oxygen atoms in total. The van der Waals surface area contributed by atoms with Gasteiger partial charge < -0.3 is 9.47 Å². The van der Waals surface area contributed by atoms with E-state index in [1.54, 1.807) is 13.2 Å². The predicted octanol–water partition coefficient (Wildman–Crippen LogP) is 3.10. The summed E-state index contributed by atoms with van der Waals surface area (Å²) < 4.78 is 39.5. The molecule has 0 unspecified atom stereocenters. The molecule has 0 aromatic heterocycles. The molecule has 2 aromatic rings. The molecule has 1 atom stereocenters. The van der Waals surface area contributed by atoms with Crippen LogP contribution >= 0.6 is 0 Å². The average molecular weight is 447 g/mol. The molecule has 9 heteroatoms. The van der Waals surface area contributed by atoms with Gasteiger partial charge in [-0.3, -0.25) is 9.59 Å². The number of hydrogen-bond donors (Lipinski definition) is 1. The van der Waals surface area contributed by atoms with E-state index in [1.807, 2.05) is 26.0 Å². The molecule has 166 valence electrons. The molecule has 2 amide bonds. The first kappa shape index (κ1) is 22.8. The van der Waals surface area contributed by atoms with Gasteiger partial charge in [-0.25, -0.2) is 18.0 Å². The predicted molar refractivity (Wildman–Crippen MR) is 116 cm³/mol. The Morgan fingerprint density at radius 3 is 2.16 bits per heavy atom. The number of carbonyl (C=O) groups excluding carboxylic acids is 2. The topological polar surface area (TPSA) is 102 Å². The molecule has 0 spiro atoms. The molecular weight excluding hydrogens is 420 g/mol. The number of sulfonamides is 1. The summed E-state index contributed by atoms with van der Waals surface area (Å²) in [5.41, 5.74) is 1.84. The number of ether oxygens (including phenoxy) is 2. The highest BCUT2D eigenvalue weighted by molar-refractivity contribution is 7.89. The zero-order valence-electron chi connectivity index (χ0n) is 18.0. The minimum absolute atomic E-state index is 0.0560. The molecule has 0 saturated carbocycles. The molecule has 3 rings (SSSR count). The van der Waals surface area contributed by atoms with Gasteiger partial charge in [0.25, 0.3) is 0 Å². The van der Waals surface area contributed by atoms with Crippen LogP contribution in [0, 0.1) is 6.92 Å². The van der Waals surface area contributed by atoms with E-state index in [9.17, 15) is 18.0 Å². The van der Waals surface area contributed by atoms with E-state index in [-0.39, 0.29) is 41.0 Å².